The van der Waals surface area contributed by atoms with Gasteiger partial charge in [-0.05, 0) is 36.5 Å². The highest BCUT2D eigenvalue weighted by molar-refractivity contribution is 8.00. The molecule has 2 fully saturated rings. The number of furan rings is 1. The summed E-state index contributed by atoms with van der Waals surface area (Å²) >= 11 is 1.68. The zero-order chi connectivity index (χ0) is 21.8. The van der Waals surface area contributed by atoms with Gasteiger partial charge in [-0.15, -0.1) is 11.8 Å². The monoisotopic (exact) mass is 441 g/mol. The number of nitrogens with one attached hydrogen (secondary N) is 1. The van der Waals surface area contributed by atoms with E-state index in [0.717, 1.165) is 32.5 Å². The van der Waals surface area contributed by atoms with Crippen molar-refractivity contribution in [3.05, 3.63) is 60.1 Å². The molecular weight excluding hydrogens is 410 g/mol. The third kappa shape index (κ3) is 5.15. The lowest BCUT2D eigenvalue weighted by Crippen LogP contribution is -2.54. The Morgan fingerprint density at radius 3 is 2.52 bits per heavy atom. The third-order valence-corrected chi connectivity index (χ3v) is 7.68. The summed E-state index contributed by atoms with van der Waals surface area (Å²) in [4.78, 5) is 30.4. The van der Waals surface area contributed by atoms with Crippen LogP contribution < -0.4 is 5.32 Å². The molecule has 7 heteroatoms. The van der Waals surface area contributed by atoms with Crippen molar-refractivity contribution in [2.75, 3.05) is 18.8 Å². The molecule has 31 heavy (non-hydrogen) atoms. The van der Waals surface area contributed by atoms with Crippen molar-refractivity contribution in [2.24, 2.45) is 5.92 Å². The predicted molar refractivity (Wildman–Crippen MR) is 123 cm³/mol. The average Bonchev–Trinajstić information content (AvgIpc) is 3.46. The van der Waals surface area contributed by atoms with E-state index in [1.807, 2.05) is 6.07 Å². The summed E-state index contributed by atoms with van der Waals surface area (Å²) in [6.07, 6.45) is 3.36. The third-order valence-electron chi connectivity index (χ3n) is 6.06. The minimum atomic E-state index is -0.461. The molecule has 2 saturated heterocycles. The van der Waals surface area contributed by atoms with Crippen molar-refractivity contribution >= 4 is 23.6 Å². The van der Waals surface area contributed by atoms with Crippen LogP contribution in [-0.4, -0.2) is 57.9 Å². The highest BCUT2D eigenvalue weighted by Crippen LogP contribution is 2.35. The molecular formula is C24H31N3O3S. The fraction of sp³-hybridized carbons (Fsp3) is 0.500. The van der Waals surface area contributed by atoms with Gasteiger partial charge in [0.25, 0.3) is 5.91 Å². The lowest BCUT2D eigenvalue weighted by atomic mass is 10.0. The molecule has 1 aromatic carbocycles. The summed E-state index contributed by atoms with van der Waals surface area (Å²) in [6.45, 7) is 7.04. The minimum absolute atomic E-state index is 0.0268. The molecule has 2 aliphatic heterocycles. The lowest BCUT2D eigenvalue weighted by molar-refractivity contribution is -0.126. The van der Waals surface area contributed by atoms with Crippen LogP contribution in [0.4, 0.5) is 0 Å². The zero-order valence-electron chi connectivity index (χ0n) is 18.2. The smallest absolute Gasteiger partial charge is 0.291 e. The van der Waals surface area contributed by atoms with Crippen molar-refractivity contribution in [1.29, 1.82) is 0 Å². The van der Waals surface area contributed by atoms with Gasteiger partial charge in [0.2, 0.25) is 5.91 Å². The van der Waals surface area contributed by atoms with Gasteiger partial charge in [-0.3, -0.25) is 14.5 Å². The quantitative estimate of drug-likeness (QED) is 0.742. The van der Waals surface area contributed by atoms with E-state index in [1.54, 1.807) is 28.8 Å². The molecule has 1 aromatic heterocycles. The molecule has 166 valence electrons. The van der Waals surface area contributed by atoms with Gasteiger partial charge < -0.3 is 14.6 Å². The van der Waals surface area contributed by atoms with Crippen molar-refractivity contribution in [1.82, 2.24) is 15.1 Å². The number of hydrogen-bond acceptors (Lipinski definition) is 5. The van der Waals surface area contributed by atoms with E-state index in [2.05, 4.69) is 48.3 Å². The first kappa shape index (κ1) is 22.0. The van der Waals surface area contributed by atoms with Crippen LogP contribution in [0, 0.1) is 5.92 Å². The number of carbonyl (C=O) groups is 2. The summed E-state index contributed by atoms with van der Waals surface area (Å²) in [5, 5.41) is 3.20. The molecule has 2 amide bonds. The Balaban J connectivity index is 1.35. The van der Waals surface area contributed by atoms with Crippen LogP contribution in [0.5, 0.6) is 0 Å². The first-order valence-corrected chi connectivity index (χ1v) is 12.1. The maximum atomic E-state index is 13.2. The topological polar surface area (TPSA) is 65.8 Å². The molecule has 1 N–H and O–H groups in total. The number of rotatable bonds is 6. The summed E-state index contributed by atoms with van der Waals surface area (Å²) in [7, 11) is 0. The van der Waals surface area contributed by atoms with E-state index >= 15 is 0 Å². The predicted octanol–water partition coefficient (Wildman–Crippen LogP) is 3.60. The van der Waals surface area contributed by atoms with E-state index in [0.29, 0.717) is 11.5 Å². The zero-order valence-corrected chi connectivity index (χ0v) is 19.0. The Kier molecular flexibility index (Phi) is 7.02. The van der Waals surface area contributed by atoms with E-state index in [1.165, 1.54) is 11.8 Å². The average molecular weight is 442 g/mol. The number of hydrogen-bond donors (Lipinski definition) is 1. The number of likely N-dealkylation sites (tertiary alicyclic amines) is 1. The second-order valence-corrected chi connectivity index (χ2v) is 9.87. The van der Waals surface area contributed by atoms with Crippen LogP contribution in [0.15, 0.2) is 53.1 Å². The molecule has 6 nitrogen and oxygen atoms in total. The summed E-state index contributed by atoms with van der Waals surface area (Å²) in [6, 6.07) is 13.6. The fourth-order valence-electron chi connectivity index (χ4n) is 4.40. The number of carbonyl (C=O) groups excluding carboxylic acids is 2. The molecule has 0 spiro atoms. The van der Waals surface area contributed by atoms with Crippen LogP contribution in [0.1, 0.15) is 42.8 Å². The van der Waals surface area contributed by atoms with Gasteiger partial charge in [-0.1, -0.05) is 44.2 Å². The number of nitrogens with zero attached hydrogens (tertiary/aromatic N) is 2. The SMILES string of the molecule is CC(C)C1SCC(C(=O)NC2CCN(Cc3ccccc3)CC2)N1C(=O)c1ccco1. The van der Waals surface area contributed by atoms with Crippen molar-refractivity contribution in [2.45, 2.75) is 50.7 Å². The standard InChI is InChI=1S/C24H31N3O3S/c1-17(2)24-27(23(29)21-9-6-14-30-21)20(16-31-24)22(28)25-19-10-12-26(13-11-19)15-18-7-4-3-5-8-18/h3-9,14,17,19-20,24H,10-13,15-16H2,1-2H3,(H,25,28). The molecule has 2 atom stereocenters. The number of benzene rings is 1. The summed E-state index contributed by atoms with van der Waals surface area (Å²) in [5.41, 5.74) is 1.32. The van der Waals surface area contributed by atoms with Gasteiger partial charge in [0.05, 0.1) is 11.6 Å². The van der Waals surface area contributed by atoms with E-state index in [9.17, 15) is 9.59 Å². The van der Waals surface area contributed by atoms with Gasteiger partial charge in [0.15, 0.2) is 5.76 Å². The molecule has 2 aliphatic rings. The normalized spacial score (nSPS) is 22.7. The maximum Gasteiger partial charge on any atom is 0.291 e. The van der Waals surface area contributed by atoms with Crippen molar-refractivity contribution < 1.29 is 14.0 Å². The number of piperidine rings is 1. The largest absolute Gasteiger partial charge is 0.459 e. The van der Waals surface area contributed by atoms with Gasteiger partial charge >= 0.3 is 0 Å². The van der Waals surface area contributed by atoms with Crippen LogP contribution in [0.25, 0.3) is 0 Å². The van der Waals surface area contributed by atoms with Crippen LogP contribution >= 0.6 is 11.8 Å². The minimum Gasteiger partial charge on any atom is -0.459 e. The van der Waals surface area contributed by atoms with Gasteiger partial charge in [-0.25, -0.2) is 0 Å². The van der Waals surface area contributed by atoms with Crippen LogP contribution in [0.2, 0.25) is 0 Å². The maximum absolute atomic E-state index is 13.2. The van der Waals surface area contributed by atoms with E-state index < -0.39 is 6.04 Å². The molecule has 2 aromatic rings. The first-order valence-electron chi connectivity index (χ1n) is 11.1. The van der Waals surface area contributed by atoms with Crippen LogP contribution in [0.3, 0.4) is 0 Å². The molecule has 0 bridgehead atoms. The molecule has 2 unspecified atom stereocenters. The van der Waals surface area contributed by atoms with Crippen molar-refractivity contribution in [3.8, 4) is 0 Å². The van der Waals surface area contributed by atoms with E-state index in [4.69, 9.17) is 4.42 Å². The molecule has 3 heterocycles. The van der Waals surface area contributed by atoms with Crippen molar-refractivity contribution in [3.63, 3.8) is 0 Å². The van der Waals surface area contributed by atoms with E-state index in [-0.39, 0.29) is 29.1 Å². The number of thioether (sulfide) groups is 1. The molecule has 0 aliphatic carbocycles. The lowest BCUT2D eigenvalue weighted by Gasteiger charge is -2.34. The summed E-state index contributed by atoms with van der Waals surface area (Å²) < 4.78 is 5.34. The Morgan fingerprint density at radius 1 is 1.13 bits per heavy atom. The Labute approximate surface area is 188 Å². The van der Waals surface area contributed by atoms with Gasteiger partial charge in [0, 0.05) is 31.4 Å². The highest BCUT2D eigenvalue weighted by atomic mass is 32.2. The molecule has 0 radical (unpaired) electrons. The number of amides is 2. The Hall–Kier alpha value is -2.25. The second-order valence-electron chi connectivity index (χ2n) is 8.72. The van der Waals surface area contributed by atoms with Crippen LogP contribution in [-0.2, 0) is 11.3 Å². The molecule has 0 saturated carbocycles. The highest BCUT2D eigenvalue weighted by Gasteiger charge is 2.44. The first-order chi connectivity index (χ1) is 15.0. The van der Waals surface area contributed by atoms with Gasteiger partial charge in [-0.2, -0.15) is 0 Å². The Bertz CT molecular complexity index is 863. The molecule has 4 rings (SSSR count). The second kappa shape index (κ2) is 9.92. The summed E-state index contributed by atoms with van der Waals surface area (Å²) in [5.74, 6) is 0.917. The Morgan fingerprint density at radius 2 is 1.87 bits per heavy atom. The fourth-order valence-corrected chi connectivity index (χ4v) is 5.88. The van der Waals surface area contributed by atoms with Gasteiger partial charge in [0.1, 0.15) is 6.04 Å².